The van der Waals surface area contributed by atoms with E-state index in [-0.39, 0.29) is 12.5 Å². The monoisotopic (exact) mass is 447 g/mol. The molecule has 1 aliphatic rings. The highest BCUT2D eigenvalue weighted by atomic mass is 16.6. The lowest BCUT2D eigenvalue weighted by molar-refractivity contribution is -0.136. The minimum absolute atomic E-state index is 0.0586. The van der Waals surface area contributed by atoms with E-state index in [0.29, 0.717) is 31.8 Å². The molecule has 0 aromatic heterocycles. The Morgan fingerprint density at radius 3 is 2.44 bits per heavy atom. The van der Waals surface area contributed by atoms with E-state index in [0.717, 1.165) is 18.4 Å². The third kappa shape index (κ3) is 8.10. The van der Waals surface area contributed by atoms with Crippen LogP contribution in [-0.4, -0.2) is 70.3 Å². The van der Waals surface area contributed by atoms with Gasteiger partial charge in [0, 0.05) is 32.1 Å². The van der Waals surface area contributed by atoms with Gasteiger partial charge in [-0.1, -0.05) is 50.6 Å². The van der Waals surface area contributed by atoms with Crippen LogP contribution in [0.25, 0.3) is 0 Å². The lowest BCUT2D eigenvalue weighted by Gasteiger charge is -2.44. The fraction of sp³-hybridized carbons (Fsp3) is 0.680. The predicted octanol–water partition coefficient (Wildman–Crippen LogP) is 3.19. The fourth-order valence-corrected chi connectivity index (χ4v) is 3.99. The zero-order valence-electron chi connectivity index (χ0n) is 20.3. The zero-order valence-corrected chi connectivity index (χ0v) is 20.3. The number of rotatable bonds is 8. The van der Waals surface area contributed by atoms with Gasteiger partial charge in [-0.3, -0.25) is 9.69 Å². The van der Waals surface area contributed by atoms with Crippen molar-refractivity contribution in [1.82, 2.24) is 9.80 Å². The van der Waals surface area contributed by atoms with E-state index >= 15 is 0 Å². The van der Waals surface area contributed by atoms with Gasteiger partial charge in [0.15, 0.2) is 0 Å². The predicted molar refractivity (Wildman–Crippen MR) is 126 cm³/mol. The van der Waals surface area contributed by atoms with E-state index in [2.05, 4.69) is 13.8 Å². The molecule has 1 aromatic rings. The number of piperazine rings is 1. The number of carbonyl (C=O) groups is 2. The molecule has 2 rings (SSSR count). The highest BCUT2D eigenvalue weighted by molar-refractivity contribution is 5.77. The van der Waals surface area contributed by atoms with Crippen molar-refractivity contribution < 1.29 is 19.4 Å². The van der Waals surface area contributed by atoms with Gasteiger partial charge >= 0.3 is 6.09 Å². The van der Waals surface area contributed by atoms with Crippen LogP contribution >= 0.6 is 0 Å². The molecule has 1 aliphatic heterocycles. The van der Waals surface area contributed by atoms with E-state index in [4.69, 9.17) is 10.5 Å². The number of carbonyl (C=O) groups excluding carboxylic acids is 2. The number of aliphatic hydroxyl groups is 1. The van der Waals surface area contributed by atoms with E-state index in [1.807, 2.05) is 51.1 Å². The van der Waals surface area contributed by atoms with Crippen molar-refractivity contribution in [2.24, 2.45) is 11.7 Å². The second-order valence-corrected chi connectivity index (χ2v) is 10.2. The minimum Gasteiger partial charge on any atom is -0.444 e. The Kier molecular flexibility index (Phi) is 9.52. The molecule has 7 nitrogen and oxygen atoms in total. The van der Waals surface area contributed by atoms with Gasteiger partial charge in [-0.2, -0.15) is 0 Å². The first-order valence-corrected chi connectivity index (χ1v) is 11.7. The van der Waals surface area contributed by atoms with Crippen LogP contribution in [0.2, 0.25) is 0 Å². The highest BCUT2D eigenvalue weighted by Crippen LogP contribution is 2.21. The molecule has 0 saturated carbocycles. The number of hydrogen-bond donors (Lipinski definition) is 2. The molecule has 1 saturated heterocycles. The molecule has 0 bridgehead atoms. The smallest absolute Gasteiger partial charge is 0.410 e. The Labute approximate surface area is 192 Å². The lowest BCUT2D eigenvalue weighted by Crippen LogP contribution is -2.64. The number of nitrogens with zero attached hydrogens (tertiary/aromatic N) is 2. The molecule has 1 heterocycles. The van der Waals surface area contributed by atoms with Gasteiger partial charge in [-0.15, -0.1) is 0 Å². The second kappa shape index (κ2) is 11.7. The molecule has 180 valence electrons. The number of aliphatic hydroxyl groups excluding tert-OH is 1. The van der Waals surface area contributed by atoms with E-state index in [1.165, 1.54) is 0 Å². The molecule has 32 heavy (non-hydrogen) atoms. The molecule has 1 aromatic carbocycles. The van der Waals surface area contributed by atoms with Gasteiger partial charge in [0.05, 0.1) is 12.1 Å². The van der Waals surface area contributed by atoms with Gasteiger partial charge in [-0.05, 0) is 45.1 Å². The van der Waals surface area contributed by atoms with Gasteiger partial charge in [0.2, 0.25) is 5.91 Å². The zero-order chi connectivity index (χ0) is 23.9. The molecule has 0 aliphatic carbocycles. The summed E-state index contributed by atoms with van der Waals surface area (Å²) in [6.45, 7) is 10.7. The Bertz CT molecular complexity index is 732. The van der Waals surface area contributed by atoms with E-state index in [1.54, 1.807) is 9.80 Å². The van der Waals surface area contributed by atoms with E-state index < -0.39 is 29.9 Å². The maximum atomic E-state index is 12.9. The standard InChI is InChI=1S/C25H41N3O4/c1-18(2)10-9-13-22(29)27-14-15-28(24(31)32-25(3,4)5)21(17-27)23(30)20(26)16-19-11-7-6-8-12-19/h6-8,11-12,18,20-21,23,30H,9-10,13-17,26H2,1-5H3/t20-,21-,23-/m1/s1. The molecule has 7 heteroatoms. The summed E-state index contributed by atoms with van der Waals surface area (Å²) in [6.07, 6.45) is 1.31. The largest absolute Gasteiger partial charge is 0.444 e. The van der Waals surface area contributed by atoms with Crippen LogP contribution in [0, 0.1) is 5.92 Å². The molecule has 3 N–H and O–H groups in total. The van der Waals surface area contributed by atoms with Crippen molar-refractivity contribution in [2.45, 2.75) is 84.1 Å². The summed E-state index contributed by atoms with van der Waals surface area (Å²) in [5.74, 6) is 0.612. The molecule has 3 atom stereocenters. The molecule has 0 unspecified atom stereocenters. The number of benzene rings is 1. The lowest BCUT2D eigenvalue weighted by atomic mass is 9.94. The fourth-order valence-electron chi connectivity index (χ4n) is 3.99. The quantitative estimate of drug-likeness (QED) is 0.638. The van der Waals surface area contributed by atoms with Crippen molar-refractivity contribution in [3.8, 4) is 0 Å². The summed E-state index contributed by atoms with van der Waals surface area (Å²) in [5.41, 5.74) is 6.74. The Hall–Kier alpha value is -2.12. The molecular weight excluding hydrogens is 406 g/mol. The molecule has 0 spiro atoms. The summed E-state index contributed by atoms with van der Waals surface area (Å²) in [6, 6.07) is 8.52. The number of hydrogen-bond acceptors (Lipinski definition) is 5. The van der Waals surface area contributed by atoms with Gasteiger partial charge in [0.1, 0.15) is 5.60 Å². The Morgan fingerprint density at radius 1 is 1.19 bits per heavy atom. The topological polar surface area (TPSA) is 96.1 Å². The number of nitrogens with two attached hydrogens (primary N) is 1. The normalized spacial score (nSPS) is 19.1. The van der Waals surface area contributed by atoms with Crippen LogP contribution < -0.4 is 5.73 Å². The first-order valence-electron chi connectivity index (χ1n) is 11.7. The van der Waals surface area contributed by atoms with Crippen molar-refractivity contribution in [3.63, 3.8) is 0 Å². The SMILES string of the molecule is CC(C)CCCC(=O)N1CCN(C(=O)OC(C)(C)C)[C@@H]([C@H](O)[C@H](N)Cc2ccccc2)C1. The third-order valence-electron chi connectivity index (χ3n) is 5.72. The average Bonchev–Trinajstić information content (AvgIpc) is 2.71. The third-order valence-corrected chi connectivity index (χ3v) is 5.72. The summed E-state index contributed by atoms with van der Waals surface area (Å²) in [7, 11) is 0. The Balaban J connectivity index is 2.13. The number of ether oxygens (including phenoxy) is 1. The summed E-state index contributed by atoms with van der Waals surface area (Å²) < 4.78 is 5.57. The van der Waals surface area contributed by atoms with Gasteiger partial charge in [-0.25, -0.2) is 4.79 Å². The van der Waals surface area contributed by atoms with Crippen molar-refractivity contribution in [2.75, 3.05) is 19.6 Å². The van der Waals surface area contributed by atoms with Crippen LogP contribution in [0.1, 0.15) is 59.4 Å². The molecule has 2 amide bonds. The average molecular weight is 448 g/mol. The number of amides is 2. The Morgan fingerprint density at radius 2 is 1.84 bits per heavy atom. The van der Waals surface area contributed by atoms with E-state index in [9.17, 15) is 14.7 Å². The van der Waals surface area contributed by atoms with Crippen LogP contribution in [0.3, 0.4) is 0 Å². The van der Waals surface area contributed by atoms with Crippen molar-refractivity contribution in [1.29, 1.82) is 0 Å². The van der Waals surface area contributed by atoms with Crippen molar-refractivity contribution >= 4 is 12.0 Å². The van der Waals surface area contributed by atoms with Crippen LogP contribution in [0.5, 0.6) is 0 Å². The molecule has 0 radical (unpaired) electrons. The second-order valence-electron chi connectivity index (χ2n) is 10.2. The maximum Gasteiger partial charge on any atom is 0.410 e. The summed E-state index contributed by atoms with van der Waals surface area (Å²) in [4.78, 5) is 29.0. The van der Waals surface area contributed by atoms with Crippen LogP contribution in [0.15, 0.2) is 30.3 Å². The first kappa shape index (κ1) is 26.1. The first-order chi connectivity index (χ1) is 15.0. The van der Waals surface area contributed by atoms with Crippen molar-refractivity contribution in [3.05, 3.63) is 35.9 Å². The summed E-state index contributed by atoms with van der Waals surface area (Å²) in [5, 5.41) is 11.2. The van der Waals surface area contributed by atoms with Crippen LogP contribution in [-0.2, 0) is 16.0 Å². The molecular formula is C25H41N3O4. The maximum absolute atomic E-state index is 12.9. The van der Waals surface area contributed by atoms with Crippen LogP contribution in [0.4, 0.5) is 4.79 Å². The van der Waals surface area contributed by atoms with Gasteiger partial charge in [0.25, 0.3) is 0 Å². The highest BCUT2D eigenvalue weighted by Gasteiger charge is 2.40. The minimum atomic E-state index is -0.992. The summed E-state index contributed by atoms with van der Waals surface area (Å²) >= 11 is 0. The molecule has 1 fully saturated rings. The van der Waals surface area contributed by atoms with Gasteiger partial charge < -0.3 is 20.5 Å².